The third kappa shape index (κ3) is 4.60. The normalized spacial score (nSPS) is 50.5. The number of benzene rings is 1. The summed E-state index contributed by atoms with van der Waals surface area (Å²) in [5.41, 5.74) is -11.1. The van der Waals surface area contributed by atoms with Crippen molar-refractivity contribution in [2.45, 2.75) is 124 Å². The zero-order valence-corrected chi connectivity index (χ0v) is 34.1. The quantitative estimate of drug-likeness (QED) is 0.203. The standard InChI is InChI=1S/C41H50O16S/c1-8-19(2)30(43)54-23-15-24(53-20(3)42)38(32(44)49-6)17-51-27-28(38)37(23)18-52-40(47,33(45)50-7)31(37)35(4)29(27)57-36(5)22-14-25(41(35,36)48)55-34-39(22,46)16-26(56-34)58-21-12-10-9-11-13-21/h8-13,22-29,31,34,46-48H,14-18H2,1-7H3/b19-8+/t22-,23+,24-,25+,26+,27-,28-,29-,31+,34-,35-,36-,37+,38+,39+,40+,41+/m1/s1. The molecule has 316 valence electrons. The number of methoxy groups -OCH3 is 2. The van der Waals surface area contributed by atoms with Crippen molar-refractivity contribution in [2.24, 2.45) is 34.0 Å². The van der Waals surface area contributed by atoms with Crippen LogP contribution in [0.2, 0.25) is 0 Å². The van der Waals surface area contributed by atoms with E-state index >= 15 is 0 Å². The fourth-order valence-corrected chi connectivity index (χ4v) is 14.4. The van der Waals surface area contributed by atoms with Crippen molar-refractivity contribution in [3.63, 3.8) is 0 Å². The number of rotatable bonds is 7. The first-order valence-electron chi connectivity index (χ1n) is 19.7. The van der Waals surface area contributed by atoms with Crippen molar-refractivity contribution >= 4 is 35.6 Å². The molecule has 17 atom stereocenters. The minimum absolute atomic E-state index is 0.111. The molecule has 3 aliphatic carbocycles. The Kier molecular flexibility index (Phi) is 8.99. The van der Waals surface area contributed by atoms with Crippen LogP contribution in [0.1, 0.15) is 53.9 Å². The molecule has 3 N–H and O–H groups in total. The van der Waals surface area contributed by atoms with Crippen LogP contribution in [0, 0.1) is 34.0 Å². The lowest BCUT2D eigenvalue weighted by atomic mass is 9.37. The molecule has 16 nitrogen and oxygen atoms in total. The smallest absolute Gasteiger partial charge is 0.366 e. The lowest BCUT2D eigenvalue weighted by Gasteiger charge is -2.65. The van der Waals surface area contributed by atoms with E-state index in [1.165, 1.54) is 25.8 Å². The Morgan fingerprint density at radius 3 is 2.28 bits per heavy atom. The summed E-state index contributed by atoms with van der Waals surface area (Å²) in [4.78, 5) is 56.1. The molecule has 17 heteroatoms. The molecule has 0 amide bonds. The van der Waals surface area contributed by atoms with Gasteiger partial charge in [0.25, 0.3) is 5.79 Å². The summed E-state index contributed by atoms with van der Waals surface area (Å²) in [6.07, 6.45) is -5.79. The lowest BCUT2D eigenvalue weighted by Crippen LogP contribution is -2.79. The largest absolute Gasteiger partial charge is 0.468 e. The van der Waals surface area contributed by atoms with E-state index in [1.54, 1.807) is 33.8 Å². The molecule has 2 bridgehead atoms. The molecule has 0 aromatic heterocycles. The summed E-state index contributed by atoms with van der Waals surface area (Å²) in [6, 6.07) is 9.59. The summed E-state index contributed by atoms with van der Waals surface area (Å²) in [6.45, 7) is 6.88. The van der Waals surface area contributed by atoms with Crippen LogP contribution in [0.15, 0.2) is 46.9 Å². The number of thioether (sulfide) groups is 1. The van der Waals surface area contributed by atoms with Crippen LogP contribution in [0.25, 0.3) is 0 Å². The van der Waals surface area contributed by atoms with Gasteiger partial charge in [-0.25, -0.2) is 9.59 Å². The molecule has 0 radical (unpaired) electrons. The number of allylic oxidation sites excluding steroid dienone is 1. The van der Waals surface area contributed by atoms with Gasteiger partial charge < -0.3 is 58.0 Å². The molecule has 0 unspecified atom stereocenters. The van der Waals surface area contributed by atoms with Crippen molar-refractivity contribution in [3.8, 4) is 0 Å². The third-order valence-electron chi connectivity index (χ3n) is 15.5. The first-order valence-corrected chi connectivity index (χ1v) is 20.6. The highest BCUT2D eigenvalue weighted by Gasteiger charge is 2.95. The van der Waals surface area contributed by atoms with Gasteiger partial charge >= 0.3 is 23.9 Å². The molecule has 1 aromatic rings. The molecule has 8 aliphatic rings. The van der Waals surface area contributed by atoms with Crippen molar-refractivity contribution in [1.82, 2.24) is 0 Å². The summed E-state index contributed by atoms with van der Waals surface area (Å²) in [5.74, 6) is -9.90. The number of carbonyl (C=O) groups is 4. The molecule has 3 saturated carbocycles. The van der Waals surface area contributed by atoms with E-state index in [2.05, 4.69) is 0 Å². The maximum absolute atomic E-state index is 14.4. The molecular formula is C41H50O16S. The fraction of sp³-hybridized carbons (Fsp3) is 0.707. The van der Waals surface area contributed by atoms with Crippen molar-refractivity contribution in [1.29, 1.82) is 0 Å². The zero-order chi connectivity index (χ0) is 41.6. The highest BCUT2D eigenvalue weighted by molar-refractivity contribution is 7.99. The summed E-state index contributed by atoms with van der Waals surface area (Å²) in [5, 5.41) is 39.4. The number of esters is 4. The van der Waals surface area contributed by atoms with Crippen LogP contribution in [-0.2, 0) is 61.8 Å². The Morgan fingerprint density at radius 1 is 0.914 bits per heavy atom. The second-order valence-electron chi connectivity index (χ2n) is 17.6. The van der Waals surface area contributed by atoms with Gasteiger partial charge in [0.05, 0.1) is 45.7 Å². The van der Waals surface area contributed by atoms with Crippen LogP contribution in [0.5, 0.6) is 0 Å². The molecular weight excluding hydrogens is 781 g/mol. The van der Waals surface area contributed by atoms with Crippen LogP contribution >= 0.6 is 11.8 Å². The van der Waals surface area contributed by atoms with Crippen LogP contribution < -0.4 is 0 Å². The van der Waals surface area contributed by atoms with E-state index in [0.717, 1.165) is 12.0 Å². The molecule has 8 fully saturated rings. The number of aliphatic hydroxyl groups is 3. The summed E-state index contributed by atoms with van der Waals surface area (Å²) >= 11 is 1.43. The summed E-state index contributed by atoms with van der Waals surface area (Å²) < 4.78 is 56.1. The summed E-state index contributed by atoms with van der Waals surface area (Å²) in [7, 11) is 2.27. The first kappa shape index (κ1) is 40.3. The second kappa shape index (κ2) is 12.9. The number of hydrogen-bond donors (Lipinski definition) is 3. The molecule has 9 rings (SSSR count). The minimum atomic E-state index is -2.84. The highest BCUT2D eigenvalue weighted by atomic mass is 32.2. The highest BCUT2D eigenvalue weighted by Crippen LogP contribution is 2.81. The number of fused-ring (bicyclic) bond motifs is 11. The van der Waals surface area contributed by atoms with E-state index in [9.17, 15) is 34.5 Å². The maximum Gasteiger partial charge on any atom is 0.366 e. The Balaban J connectivity index is 1.24. The van der Waals surface area contributed by atoms with Gasteiger partial charge in [0.15, 0.2) is 6.29 Å². The van der Waals surface area contributed by atoms with Gasteiger partial charge in [0.2, 0.25) is 0 Å². The van der Waals surface area contributed by atoms with E-state index in [-0.39, 0.29) is 31.4 Å². The average molecular weight is 831 g/mol. The van der Waals surface area contributed by atoms with E-state index < -0.39 is 129 Å². The molecule has 5 aliphatic heterocycles. The monoisotopic (exact) mass is 830 g/mol. The van der Waals surface area contributed by atoms with Gasteiger partial charge in [-0.1, -0.05) is 43.0 Å². The lowest BCUT2D eigenvalue weighted by molar-refractivity contribution is -0.317. The van der Waals surface area contributed by atoms with E-state index in [4.69, 9.17) is 42.6 Å². The Hall–Kier alpha value is -3.13. The number of hydrogen-bond acceptors (Lipinski definition) is 17. The van der Waals surface area contributed by atoms with Gasteiger partial charge in [0, 0.05) is 58.8 Å². The van der Waals surface area contributed by atoms with Crippen molar-refractivity contribution in [2.75, 3.05) is 27.4 Å². The van der Waals surface area contributed by atoms with Crippen molar-refractivity contribution in [3.05, 3.63) is 42.0 Å². The topological polar surface area (TPSA) is 212 Å². The molecule has 58 heavy (non-hydrogen) atoms. The van der Waals surface area contributed by atoms with Gasteiger partial charge in [-0.2, -0.15) is 0 Å². The minimum Gasteiger partial charge on any atom is -0.468 e. The van der Waals surface area contributed by atoms with Crippen LogP contribution in [0.4, 0.5) is 0 Å². The molecule has 5 saturated heterocycles. The second-order valence-corrected chi connectivity index (χ2v) is 18.9. The molecule has 1 spiro atoms. The SMILES string of the molecule is C/C=C(\C)C(=O)O[C@H]1C[C@@H](OC(C)=O)[C@@]2(C(=O)OC)CO[C@H]3[C@H]4O[C@]5(C)[C@H]6C[C@H](O[C@@H]7O[C@@H](Sc8ccccc8)C[C@@]76O)[C@]5(O)[C@@]4(C)[C@H]4[C@]1(CO[C@]4(O)C(=O)OC)[C@@H]32. The Morgan fingerprint density at radius 2 is 1.62 bits per heavy atom. The predicted octanol–water partition coefficient (Wildman–Crippen LogP) is 1.79. The van der Waals surface area contributed by atoms with Gasteiger partial charge in [-0.15, -0.1) is 0 Å². The van der Waals surface area contributed by atoms with Crippen molar-refractivity contribution < 1.29 is 77.1 Å². The van der Waals surface area contributed by atoms with E-state index in [1.807, 2.05) is 30.3 Å². The Labute approximate surface area is 339 Å². The Bertz CT molecular complexity index is 1960. The average Bonchev–Trinajstić information content (AvgIpc) is 3.94. The van der Waals surface area contributed by atoms with E-state index in [0.29, 0.717) is 0 Å². The molecule has 1 aromatic carbocycles. The zero-order valence-electron chi connectivity index (χ0n) is 33.3. The third-order valence-corrected chi connectivity index (χ3v) is 16.6. The van der Waals surface area contributed by atoms with Crippen LogP contribution in [-0.4, -0.2) is 131 Å². The molecule has 5 heterocycles. The number of ether oxygens (including phenoxy) is 9. The number of carbonyl (C=O) groups excluding carboxylic acids is 4. The first-order chi connectivity index (χ1) is 27.4. The van der Waals surface area contributed by atoms with Gasteiger partial charge in [-0.05, 0) is 39.3 Å². The van der Waals surface area contributed by atoms with Crippen LogP contribution in [0.3, 0.4) is 0 Å². The predicted molar refractivity (Wildman–Crippen MR) is 196 cm³/mol. The van der Waals surface area contributed by atoms with Gasteiger partial charge in [-0.3, -0.25) is 9.59 Å². The fourth-order valence-electron chi connectivity index (χ4n) is 13.3. The maximum atomic E-state index is 14.4. The van der Waals surface area contributed by atoms with Gasteiger partial charge in [0.1, 0.15) is 39.9 Å².